The number of piperidine rings is 1. The average molecular weight is 344 g/mol. The summed E-state index contributed by atoms with van der Waals surface area (Å²) in [5.41, 5.74) is 6.43. The molecule has 4 nitrogen and oxygen atoms in total. The SMILES string of the molecule is C1=NCc2ccc(N[C@@H]3CCCN(Cc4ccc5cc[nH]c5c4)C3)cc21. The number of nitrogens with one attached hydrogen (secondary N) is 2. The zero-order chi connectivity index (χ0) is 17.3. The van der Waals surface area contributed by atoms with Crippen molar-refractivity contribution in [2.24, 2.45) is 4.99 Å². The van der Waals surface area contributed by atoms with Gasteiger partial charge in [0.1, 0.15) is 0 Å². The highest BCUT2D eigenvalue weighted by Crippen LogP contribution is 2.23. The van der Waals surface area contributed by atoms with Crippen LogP contribution in [-0.2, 0) is 13.1 Å². The van der Waals surface area contributed by atoms with E-state index in [1.165, 1.54) is 52.7 Å². The fraction of sp³-hybridized carbons (Fsp3) is 0.318. The van der Waals surface area contributed by atoms with Crippen LogP contribution in [0.1, 0.15) is 29.5 Å². The molecule has 2 aliphatic rings. The predicted octanol–water partition coefficient (Wildman–Crippen LogP) is 4.18. The summed E-state index contributed by atoms with van der Waals surface area (Å²) in [6.07, 6.45) is 6.48. The van der Waals surface area contributed by atoms with E-state index >= 15 is 0 Å². The fourth-order valence-electron chi connectivity index (χ4n) is 4.20. The molecule has 3 heterocycles. The first-order valence-electron chi connectivity index (χ1n) is 9.51. The Morgan fingerprint density at radius 3 is 3.15 bits per heavy atom. The molecule has 1 saturated heterocycles. The van der Waals surface area contributed by atoms with Gasteiger partial charge in [-0.15, -0.1) is 0 Å². The van der Waals surface area contributed by atoms with Crippen molar-refractivity contribution < 1.29 is 0 Å². The molecular weight excluding hydrogens is 320 g/mol. The van der Waals surface area contributed by atoms with E-state index in [9.17, 15) is 0 Å². The lowest BCUT2D eigenvalue weighted by Crippen LogP contribution is -2.41. The number of aromatic nitrogens is 1. The smallest absolute Gasteiger partial charge is 0.0646 e. The molecule has 0 saturated carbocycles. The van der Waals surface area contributed by atoms with E-state index in [1.54, 1.807) is 0 Å². The number of aromatic amines is 1. The molecule has 1 fully saturated rings. The number of aliphatic imine (C=N–C) groups is 1. The van der Waals surface area contributed by atoms with Gasteiger partial charge in [0.25, 0.3) is 0 Å². The Morgan fingerprint density at radius 2 is 2.15 bits per heavy atom. The van der Waals surface area contributed by atoms with Gasteiger partial charge in [-0.3, -0.25) is 9.89 Å². The molecule has 5 rings (SSSR count). The lowest BCUT2D eigenvalue weighted by atomic mass is 10.0. The van der Waals surface area contributed by atoms with E-state index < -0.39 is 0 Å². The van der Waals surface area contributed by atoms with Crippen LogP contribution in [0.25, 0.3) is 10.9 Å². The highest BCUT2D eigenvalue weighted by Gasteiger charge is 2.20. The molecule has 2 N–H and O–H groups in total. The molecular formula is C22H24N4. The number of rotatable bonds is 4. The monoisotopic (exact) mass is 344 g/mol. The van der Waals surface area contributed by atoms with Gasteiger partial charge in [0.2, 0.25) is 0 Å². The predicted molar refractivity (Wildman–Crippen MR) is 108 cm³/mol. The largest absolute Gasteiger partial charge is 0.381 e. The molecule has 1 aromatic heterocycles. The number of fused-ring (bicyclic) bond motifs is 2. The summed E-state index contributed by atoms with van der Waals surface area (Å²) in [6, 6.07) is 16.0. The van der Waals surface area contributed by atoms with Crippen LogP contribution >= 0.6 is 0 Å². The van der Waals surface area contributed by atoms with Crippen LogP contribution in [0.2, 0.25) is 0 Å². The van der Waals surface area contributed by atoms with Crippen LogP contribution < -0.4 is 5.32 Å². The van der Waals surface area contributed by atoms with E-state index in [0.717, 1.165) is 19.6 Å². The van der Waals surface area contributed by atoms with E-state index in [0.29, 0.717) is 6.04 Å². The van der Waals surface area contributed by atoms with E-state index in [1.807, 2.05) is 12.4 Å². The number of hydrogen-bond donors (Lipinski definition) is 2. The maximum atomic E-state index is 4.35. The second kappa shape index (κ2) is 6.61. The summed E-state index contributed by atoms with van der Waals surface area (Å²) in [6.45, 7) is 4.12. The first-order chi connectivity index (χ1) is 12.8. The van der Waals surface area contributed by atoms with Gasteiger partial charge in [-0.1, -0.05) is 18.2 Å². The molecule has 0 radical (unpaired) electrons. The number of nitrogens with zero attached hydrogens (tertiary/aromatic N) is 2. The van der Waals surface area contributed by atoms with Crippen LogP contribution in [-0.4, -0.2) is 35.2 Å². The average Bonchev–Trinajstić information content (AvgIpc) is 3.30. The molecule has 0 aliphatic carbocycles. The van der Waals surface area contributed by atoms with Crippen LogP contribution in [0, 0.1) is 0 Å². The molecule has 26 heavy (non-hydrogen) atoms. The Bertz CT molecular complexity index is 956. The Hall–Kier alpha value is -2.59. The van der Waals surface area contributed by atoms with Crippen molar-refractivity contribution >= 4 is 22.8 Å². The molecule has 1 atom stereocenters. The zero-order valence-electron chi connectivity index (χ0n) is 14.9. The first kappa shape index (κ1) is 15.6. The van der Waals surface area contributed by atoms with Crippen molar-refractivity contribution in [2.75, 3.05) is 18.4 Å². The first-order valence-corrected chi connectivity index (χ1v) is 9.51. The van der Waals surface area contributed by atoms with Crippen molar-refractivity contribution in [3.05, 3.63) is 65.4 Å². The van der Waals surface area contributed by atoms with Crippen LogP contribution in [0.4, 0.5) is 5.69 Å². The third-order valence-corrected chi connectivity index (χ3v) is 5.54. The second-order valence-corrected chi connectivity index (χ2v) is 7.50. The summed E-state index contributed by atoms with van der Waals surface area (Å²) >= 11 is 0. The number of benzene rings is 2. The van der Waals surface area contributed by atoms with Crippen LogP contribution in [0.3, 0.4) is 0 Å². The molecule has 0 amide bonds. The number of hydrogen-bond acceptors (Lipinski definition) is 3. The Kier molecular flexibility index (Phi) is 3.98. The molecule has 0 unspecified atom stereocenters. The lowest BCUT2D eigenvalue weighted by Gasteiger charge is -2.33. The molecule has 0 bridgehead atoms. The maximum absolute atomic E-state index is 4.35. The van der Waals surface area contributed by atoms with Gasteiger partial charge in [-0.25, -0.2) is 0 Å². The maximum Gasteiger partial charge on any atom is 0.0646 e. The summed E-state index contributed by atoms with van der Waals surface area (Å²) in [5, 5.41) is 5.03. The summed E-state index contributed by atoms with van der Waals surface area (Å²) in [4.78, 5) is 10.2. The standard InChI is InChI=1S/C22H24N4/c1-2-21(25-20-6-5-18-12-23-13-19(18)11-20)15-26(9-1)14-16-3-4-17-7-8-24-22(17)10-16/h3-8,10-11,13,21,24-25H,1-2,9,12,14-15H2/t21-/m1/s1. The molecule has 2 aliphatic heterocycles. The van der Waals surface area contributed by atoms with Crippen molar-refractivity contribution in [3.63, 3.8) is 0 Å². The Morgan fingerprint density at radius 1 is 1.15 bits per heavy atom. The van der Waals surface area contributed by atoms with Gasteiger partial charge < -0.3 is 10.3 Å². The van der Waals surface area contributed by atoms with Gasteiger partial charge in [0, 0.05) is 42.7 Å². The number of anilines is 1. The number of H-pyrrole nitrogens is 1. The highest BCUT2D eigenvalue weighted by molar-refractivity contribution is 5.86. The minimum absolute atomic E-state index is 0.509. The third kappa shape index (κ3) is 3.13. The zero-order valence-corrected chi connectivity index (χ0v) is 14.9. The Labute approximate surface area is 153 Å². The molecule has 3 aromatic rings. The van der Waals surface area contributed by atoms with Crippen molar-refractivity contribution in [1.82, 2.24) is 9.88 Å². The Balaban J connectivity index is 1.25. The minimum atomic E-state index is 0.509. The van der Waals surface area contributed by atoms with E-state index in [2.05, 4.69) is 62.7 Å². The molecule has 4 heteroatoms. The van der Waals surface area contributed by atoms with Gasteiger partial charge in [0.15, 0.2) is 0 Å². The van der Waals surface area contributed by atoms with Crippen LogP contribution in [0.15, 0.2) is 53.7 Å². The highest BCUT2D eigenvalue weighted by atomic mass is 15.2. The van der Waals surface area contributed by atoms with Crippen molar-refractivity contribution in [2.45, 2.75) is 32.0 Å². The minimum Gasteiger partial charge on any atom is -0.381 e. The quantitative estimate of drug-likeness (QED) is 0.746. The van der Waals surface area contributed by atoms with Crippen LogP contribution in [0.5, 0.6) is 0 Å². The molecule has 0 spiro atoms. The van der Waals surface area contributed by atoms with Gasteiger partial charge in [-0.05, 0) is 65.7 Å². The van der Waals surface area contributed by atoms with Gasteiger partial charge in [-0.2, -0.15) is 0 Å². The van der Waals surface area contributed by atoms with E-state index in [4.69, 9.17) is 0 Å². The van der Waals surface area contributed by atoms with E-state index in [-0.39, 0.29) is 0 Å². The fourth-order valence-corrected chi connectivity index (χ4v) is 4.20. The lowest BCUT2D eigenvalue weighted by molar-refractivity contribution is 0.208. The van der Waals surface area contributed by atoms with Gasteiger partial charge in [0.05, 0.1) is 6.54 Å². The number of likely N-dealkylation sites (tertiary alicyclic amines) is 1. The second-order valence-electron chi connectivity index (χ2n) is 7.50. The third-order valence-electron chi connectivity index (χ3n) is 5.54. The topological polar surface area (TPSA) is 43.4 Å². The summed E-state index contributed by atoms with van der Waals surface area (Å²) < 4.78 is 0. The van der Waals surface area contributed by atoms with Crippen molar-refractivity contribution in [3.8, 4) is 0 Å². The molecule has 132 valence electrons. The van der Waals surface area contributed by atoms with Gasteiger partial charge >= 0.3 is 0 Å². The summed E-state index contributed by atoms with van der Waals surface area (Å²) in [5.74, 6) is 0. The normalized spacial score (nSPS) is 19.8. The molecule has 2 aromatic carbocycles. The van der Waals surface area contributed by atoms with Crippen molar-refractivity contribution in [1.29, 1.82) is 0 Å². The summed E-state index contributed by atoms with van der Waals surface area (Å²) in [7, 11) is 0.